The van der Waals surface area contributed by atoms with Crippen LogP contribution in [0, 0.1) is 0 Å². The van der Waals surface area contributed by atoms with Crippen LogP contribution in [0.2, 0.25) is 0 Å². The fourth-order valence-corrected chi connectivity index (χ4v) is 2.61. The molecule has 0 spiro atoms. The summed E-state index contributed by atoms with van der Waals surface area (Å²) in [7, 11) is 0. The van der Waals surface area contributed by atoms with E-state index in [-0.39, 0.29) is 5.75 Å². The van der Waals surface area contributed by atoms with Crippen LogP contribution in [0.4, 0.5) is 0 Å². The number of carboxylic acids is 1. The molecule has 8 heteroatoms. The van der Waals surface area contributed by atoms with Crippen molar-refractivity contribution in [2.24, 2.45) is 0 Å². The van der Waals surface area contributed by atoms with Gasteiger partial charge in [-0.05, 0) is 0 Å². The molecule has 1 rings (SSSR count). The number of aliphatic hydroxyl groups excluding tert-OH is 4. The fourth-order valence-electron chi connectivity index (χ4n) is 1.35. The first-order chi connectivity index (χ1) is 7.47. The highest BCUT2D eigenvalue weighted by Gasteiger charge is 2.38. The summed E-state index contributed by atoms with van der Waals surface area (Å²) >= 11 is 1.15. The molecule has 0 unspecified atom stereocenters. The van der Waals surface area contributed by atoms with Crippen LogP contribution in [-0.4, -0.2) is 73.6 Å². The third kappa shape index (κ3) is 3.06. The van der Waals surface area contributed by atoms with Crippen molar-refractivity contribution in [3.05, 3.63) is 0 Å². The van der Waals surface area contributed by atoms with Gasteiger partial charge in [-0.15, -0.1) is 11.8 Å². The minimum atomic E-state index is -1.51. The Morgan fingerprint density at radius 3 is 2.50 bits per heavy atom. The Kier molecular flexibility index (Phi) is 4.96. The third-order valence-electron chi connectivity index (χ3n) is 2.35. The predicted molar refractivity (Wildman–Crippen MR) is 55.9 cm³/mol. The molecule has 1 aliphatic rings. The topological polar surface area (TPSA) is 130 Å². The van der Waals surface area contributed by atoms with Gasteiger partial charge in [0.05, 0.1) is 12.0 Å². The van der Waals surface area contributed by atoms with Crippen LogP contribution in [0.3, 0.4) is 0 Å². The van der Waals surface area contributed by atoms with Crippen molar-refractivity contribution in [1.82, 2.24) is 5.32 Å². The largest absolute Gasteiger partial charge is 0.480 e. The number of hydrogen-bond donors (Lipinski definition) is 6. The molecule has 0 bridgehead atoms. The number of rotatable bonds is 5. The van der Waals surface area contributed by atoms with Crippen molar-refractivity contribution in [1.29, 1.82) is 0 Å². The molecule has 1 fully saturated rings. The average molecular weight is 256 g/mol. The first kappa shape index (κ1) is 13.7. The number of aliphatic carboxylic acids is 1. The molecule has 16 heavy (non-hydrogen) atoms. The maximum atomic E-state index is 10.6. The molecule has 0 aromatic carbocycles. The molecule has 1 heterocycles. The number of aliphatic hydroxyl groups is 4. The quantitative estimate of drug-likeness (QED) is 0.310. The fraction of sp³-hybridized carbons (Fsp3) is 0.875. The smallest absolute Gasteiger partial charge is 0.321 e. The summed E-state index contributed by atoms with van der Waals surface area (Å²) in [4.78, 5) is 10.6. The van der Waals surface area contributed by atoms with Gasteiger partial charge >= 0.3 is 5.97 Å². The number of thioether (sulfide) groups is 1. The van der Waals surface area contributed by atoms with E-state index in [0.29, 0.717) is 0 Å². The lowest BCUT2D eigenvalue weighted by Gasteiger charge is -2.25. The van der Waals surface area contributed by atoms with Gasteiger partial charge in [-0.1, -0.05) is 0 Å². The van der Waals surface area contributed by atoms with E-state index in [9.17, 15) is 15.0 Å². The van der Waals surface area contributed by atoms with Crippen molar-refractivity contribution in [2.75, 3.05) is 12.4 Å². The molecule has 1 aliphatic heterocycles. The summed E-state index contributed by atoms with van der Waals surface area (Å²) in [5.74, 6) is -0.752. The van der Waals surface area contributed by atoms with E-state index in [4.69, 9.17) is 15.3 Å². The van der Waals surface area contributed by atoms with Gasteiger partial charge in [0, 0.05) is 5.75 Å². The molecule has 1 saturated heterocycles. The van der Waals surface area contributed by atoms with Crippen LogP contribution in [0.5, 0.6) is 0 Å². The lowest BCUT2D eigenvalue weighted by molar-refractivity contribution is -0.139. The van der Waals surface area contributed by atoms with Crippen molar-refractivity contribution in [3.8, 4) is 0 Å². The number of hydrogen-bond acceptors (Lipinski definition) is 7. The predicted octanol–water partition coefficient (Wildman–Crippen LogP) is -2.82. The van der Waals surface area contributed by atoms with Gasteiger partial charge in [0.2, 0.25) is 0 Å². The van der Waals surface area contributed by atoms with Crippen molar-refractivity contribution < 1.29 is 30.3 Å². The van der Waals surface area contributed by atoms with Gasteiger partial charge in [-0.25, -0.2) is 0 Å². The van der Waals surface area contributed by atoms with Gasteiger partial charge in [0.25, 0.3) is 0 Å². The summed E-state index contributed by atoms with van der Waals surface area (Å²) < 4.78 is 0. The zero-order valence-corrected chi connectivity index (χ0v) is 9.17. The zero-order chi connectivity index (χ0) is 12.3. The highest BCUT2D eigenvalue weighted by Crippen LogP contribution is 2.24. The lowest BCUT2D eigenvalue weighted by Crippen LogP contribution is -2.50. The standard InChI is InChI=1S/C8H15NO6S/c10-1-4(11)5(12)6(13)7-9-3(2-16-7)8(14)15/h3-7,9-13H,1-2H2,(H,14,15)/t3-,4-,5-,6-,7+/m0/s1/i16+3. The van der Waals surface area contributed by atoms with Gasteiger partial charge < -0.3 is 25.5 Å². The number of carbonyl (C=O) groups is 1. The van der Waals surface area contributed by atoms with Crippen LogP contribution in [0.25, 0.3) is 0 Å². The maximum absolute atomic E-state index is 10.6. The second kappa shape index (κ2) is 5.80. The summed E-state index contributed by atoms with van der Waals surface area (Å²) in [6.07, 6.45) is -4.29. The molecule has 0 amide bonds. The second-order valence-electron chi connectivity index (χ2n) is 3.54. The van der Waals surface area contributed by atoms with Gasteiger partial charge in [0.1, 0.15) is 24.4 Å². The van der Waals surface area contributed by atoms with E-state index in [0.717, 1.165) is 11.8 Å². The van der Waals surface area contributed by atoms with E-state index < -0.39 is 42.3 Å². The molecule has 7 nitrogen and oxygen atoms in total. The highest BCUT2D eigenvalue weighted by atomic mass is 35.1. The lowest BCUT2D eigenvalue weighted by atomic mass is 10.1. The first-order valence-electron chi connectivity index (χ1n) is 4.73. The summed E-state index contributed by atoms with van der Waals surface area (Å²) in [6.45, 7) is -0.669. The Morgan fingerprint density at radius 1 is 1.44 bits per heavy atom. The second-order valence-corrected chi connectivity index (χ2v) is 4.72. The van der Waals surface area contributed by atoms with E-state index in [1.54, 1.807) is 0 Å². The van der Waals surface area contributed by atoms with E-state index in [2.05, 4.69) is 5.32 Å². The summed E-state index contributed by atoms with van der Waals surface area (Å²) in [5, 5.41) is 47.4. The summed E-state index contributed by atoms with van der Waals surface area (Å²) in [5.41, 5.74) is 0. The average Bonchev–Trinajstić information content (AvgIpc) is 2.75. The molecule has 0 radical (unpaired) electrons. The zero-order valence-electron chi connectivity index (χ0n) is 8.35. The molecular weight excluding hydrogens is 241 g/mol. The van der Waals surface area contributed by atoms with E-state index >= 15 is 0 Å². The normalized spacial score (nSPS) is 31.0. The van der Waals surface area contributed by atoms with Crippen LogP contribution in [0.15, 0.2) is 0 Å². The van der Waals surface area contributed by atoms with Gasteiger partial charge in [-0.3, -0.25) is 10.1 Å². The van der Waals surface area contributed by atoms with Gasteiger partial charge in [0.15, 0.2) is 0 Å². The number of nitrogens with one attached hydrogen (secondary N) is 1. The summed E-state index contributed by atoms with van der Waals surface area (Å²) in [6, 6.07) is -0.775. The first-order valence-corrected chi connectivity index (χ1v) is 5.77. The molecule has 0 saturated carbocycles. The Balaban J connectivity index is 2.50. The molecule has 0 aromatic rings. The van der Waals surface area contributed by atoms with Crippen molar-refractivity contribution in [3.63, 3.8) is 0 Å². The van der Waals surface area contributed by atoms with Crippen LogP contribution in [-0.2, 0) is 4.79 Å². The molecular formula is C8H15NO6S. The molecule has 6 N–H and O–H groups in total. The molecule has 0 aliphatic carbocycles. The molecule has 0 aromatic heterocycles. The molecule has 5 atom stereocenters. The Labute approximate surface area is 96.1 Å². The Morgan fingerprint density at radius 2 is 2.06 bits per heavy atom. The van der Waals surface area contributed by atoms with Crippen LogP contribution < -0.4 is 5.32 Å². The monoisotopic (exact) mass is 256 g/mol. The van der Waals surface area contributed by atoms with Crippen molar-refractivity contribution >= 4 is 17.7 Å². The van der Waals surface area contributed by atoms with Gasteiger partial charge in [-0.2, -0.15) is 0 Å². The van der Waals surface area contributed by atoms with E-state index in [1.165, 1.54) is 0 Å². The number of carboxylic acid groups (broad SMARTS) is 1. The van der Waals surface area contributed by atoms with Crippen molar-refractivity contribution in [2.45, 2.75) is 29.7 Å². The third-order valence-corrected chi connectivity index (χ3v) is 3.65. The highest BCUT2D eigenvalue weighted by molar-refractivity contribution is 8.00. The Bertz CT molecular complexity index is 253. The minimum Gasteiger partial charge on any atom is -0.480 e. The SMILES string of the molecule is O=C(O)[C@@H]1C[35S][C@H]([C@@H](O)[C@@H](O)[C@@H](O)CO)N1. The van der Waals surface area contributed by atoms with E-state index in [1.807, 2.05) is 0 Å². The maximum Gasteiger partial charge on any atom is 0.321 e. The minimum absolute atomic E-state index is 0.277. The van der Waals surface area contributed by atoms with Crippen LogP contribution >= 0.6 is 11.8 Å². The molecule has 94 valence electrons. The van der Waals surface area contributed by atoms with Crippen LogP contribution in [0.1, 0.15) is 0 Å². The Hall–Kier alpha value is -0.380.